The molecule has 0 bridgehead atoms. The third kappa shape index (κ3) is 1.61. The first-order valence-corrected chi connectivity index (χ1v) is 3.13. The van der Waals surface area contributed by atoms with Crippen molar-refractivity contribution in [1.82, 2.24) is 0 Å². The molecule has 54 valence electrons. The molecule has 0 aromatic heterocycles. The van der Waals surface area contributed by atoms with Gasteiger partial charge in [-0.1, -0.05) is 0 Å². The van der Waals surface area contributed by atoms with Crippen LogP contribution in [-0.4, -0.2) is 17.6 Å². The van der Waals surface area contributed by atoms with Crippen molar-refractivity contribution in [2.24, 2.45) is 5.92 Å². The maximum atomic E-state index is 12.3. The van der Waals surface area contributed by atoms with E-state index < -0.39 is 5.92 Å². The number of hydrogen-bond acceptors (Lipinski definition) is 1. The van der Waals surface area contributed by atoms with E-state index in [2.05, 4.69) is 0 Å². The summed E-state index contributed by atoms with van der Waals surface area (Å²) in [4.78, 5) is 0. The molecule has 1 aliphatic carbocycles. The van der Waals surface area contributed by atoms with Gasteiger partial charge in [-0.3, -0.25) is 0 Å². The molecule has 1 N–H and O–H groups in total. The topological polar surface area (TPSA) is 20.2 Å². The Hall–Kier alpha value is -0.180. The second kappa shape index (κ2) is 2.21. The van der Waals surface area contributed by atoms with Gasteiger partial charge >= 0.3 is 0 Å². The molecule has 1 nitrogen and oxygen atoms in total. The number of hydrogen-bond donors (Lipinski definition) is 1. The van der Waals surface area contributed by atoms with Crippen LogP contribution in [0.15, 0.2) is 0 Å². The zero-order valence-electron chi connectivity index (χ0n) is 5.11. The van der Waals surface area contributed by atoms with Crippen molar-refractivity contribution in [3.8, 4) is 0 Å². The molecule has 0 aliphatic heterocycles. The van der Waals surface area contributed by atoms with Gasteiger partial charge in [-0.2, -0.15) is 0 Å². The lowest BCUT2D eigenvalue weighted by Gasteiger charge is -2.06. The van der Waals surface area contributed by atoms with Crippen molar-refractivity contribution < 1.29 is 13.9 Å². The molecule has 0 aromatic carbocycles. The van der Waals surface area contributed by atoms with Crippen LogP contribution in [0, 0.1) is 5.92 Å². The summed E-state index contributed by atoms with van der Waals surface area (Å²) in [5, 5.41) is 8.46. The minimum Gasteiger partial charge on any atom is -0.396 e. The second-order valence-electron chi connectivity index (χ2n) is 2.65. The van der Waals surface area contributed by atoms with Gasteiger partial charge in [0.05, 0.1) is 0 Å². The molecule has 1 rings (SSSR count). The van der Waals surface area contributed by atoms with Crippen LogP contribution in [0.5, 0.6) is 0 Å². The smallest absolute Gasteiger partial charge is 0.248 e. The first kappa shape index (κ1) is 6.93. The van der Waals surface area contributed by atoms with Gasteiger partial charge in [0.25, 0.3) is 0 Å². The molecule has 0 heterocycles. The summed E-state index contributed by atoms with van der Waals surface area (Å²) in [6.07, 6.45) is 0.311. The highest BCUT2D eigenvalue weighted by Crippen LogP contribution is 2.38. The average Bonchev–Trinajstić information content (AvgIpc) is 2.10. The van der Waals surface area contributed by atoms with Gasteiger partial charge in [-0.25, -0.2) is 8.78 Å². The highest BCUT2D eigenvalue weighted by molar-refractivity contribution is 4.80. The monoisotopic (exact) mass is 136 g/mol. The van der Waals surface area contributed by atoms with E-state index in [1.807, 2.05) is 0 Å². The fourth-order valence-corrected chi connectivity index (χ4v) is 1.20. The molecule has 9 heavy (non-hydrogen) atoms. The normalized spacial score (nSPS) is 33.0. The molecule has 1 aliphatic rings. The minimum atomic E-state index is -2.49. The van der Waals surface area contributed by atoms with Gasteiger partial charge in [-0.05, 0) is 12.3 Å². The predicted molar refractivity (Wildman–Crippen MR) is 29.4 cm³/mol. The molecule has 0 amide bonds. The molecule has 1 fully saturated rings. The van der Waals surface area contributed by atoms with Crippen LogP contribution in [0.2, 0.25) is 0 Å². The number of rotatable bonds is 1. The Morgan fingerprint density at radius 1 is 1.56 bits per heavy atom. The zero-order valence-corrected chi connectivity index (χ0v) is 5.11. The Balaban J connectivity index is 2.38. The fourth-order valence-electron chi connectivity index (χ4n) is 1.20. The van der Waals surface area contributed by atoms with E-state index in [0.29, 0.717) is 6.42 Å². The van der Waals surface area contributed by atoms with Crippen molar-refractivity contribution in [1.29, 1.82) is 0 Å². The Morgan fingerprint density at radius 2 is 2.22 bits per heavy atom. The molecule has 0 saturated heterocycles. The van der Waals surface area contributed by atoms with Gasteiger partial charge in [0.15, 0.2) is 0 Å². The Kier molecular flexibility index (Phi) is 1.70. The van der Waals surface area contributed by atoms with Crippen molar-refractivity contribution in [2.45, 2.75) is 25.2 Å². The van der Waals surface area contributed by atoms with Crippen LogP contribution in [0.25, 0.3) is 0 Å². The Labute approximate surface area is 52.7 Å². The van der Waals surface area contributed by atoms with Crippen LogP contribution in [-0.2, 0) is 0 Å². The SMILES string of the molecule is OC[C@H]1CCC(F)(F)C1. The lowest BCUT2D eigenvalue weighted by atomic mass is 10.1. The lowest BCUT2D eigenvalue weighted by molar-refractivity contribution is 0.00228. The van der Waals surface area contributed by atoms with E-state index in [1.165, 1.54) is 0 Å². The standard InChI is InChI=1S/C6H10F2O/c7-6(8)2-1-5(3-6)4-9/h5,9H,1-4H2/t5-/m0/s1. The fraction of sp³-hybridized carbons (Fsp3) is 1.00. The summed E-state index contributed by atoms with van der Waals surface area (Å²) >= 11 is 0. The maximum absolute atomic E-state index is 12.3. The summed E-state index contributed by atoms with van der Waals surface area (Å²) in [5.74, 6) is -2.65. The van der Waals surface area contributed by atoms with Crippen molar-refractivity contribution in [3.63, 3.8) is 0 Å². The van der Waals surface area contributed by atoms with E-state index in [1.54, 1.807) is 0 Å². The minimum absolute atomic E-state index is 0.0434. The second-order valence-corrected chi connectivity index (χ2v) is 2.65. The molecule has 0 unspecified atom stereocenters. The molecular formula is C6H10F2O. The van der Waals surface area contributed by atoms with E-state index in [9.17, 15) is 8.78 Å². The van der Waals surface area contributed by atoms with E-state index in [4.69, 9.17) is 5.11 Å². The van der Waals surface area contributed by atoms with Crippen LogP contribution in [0.1, 0.15) is 19.3 Å². The number of halogens is 2. The molecule has 0 aromatic rings. The predicted octanol–water partition coefficient (Wildman–Crippen LogP) is 1.41. The highest BCUT2D eigenvalue weighted by atomic mass is 19.3. The van der Waals surface area contributed by atoms with Crippen LogP contribution in [0.4, 0.5) is 8.78 Å². The lowest BCUT2D eigenvalue weighted by Crippen LogP contribution is -2.10. The first-order chi connectivity index (χ1) is 4.14. The number of aliphatic hydroxyl groups excluding tert-OH is 1. The van der Waals surface area contributed by atoms with Crippen molar-refractivity contribution in [2.75, 3.05) is 6.61 Å². The van der Waals surface area contributed by atoms with Gasteiger partial charge in [-0.15, -0.1) is 0 Å². The van der Waals surface area contributed by atoms with E-state index >= 15 is 0 Å². The zero-order chi connectivity index (χ0) is 6.91. The third-order valence-electron chi connectivity index (χ3n) is 1.76. The number of alkyl halides is 2. The third-order valence-corrected chi connectivity index (χ3v) is 1.76. The first-order valence-electron chi connectivity index (χ1n) is 3.13. The average molecular weight is 136 g/mol. The van der Waals surface area contributed by atoms with Crippen LogP contribution >= 0.6 is 0 Å². The van der Waals surface area contributed by atoms with Crippen LogP contribution < -0.4 is 0 Å². The van der Waals surface area contributed by atoms with E-state index in [-0.39, 0.29) is 25.4 Å². The summed E-state index contributed by atoms with van der Waals surface area (Å²) in [6, 6.07) is 0. The summed E-state index contributed by atoms with van der Waals surface area (Å²) in [5.41, 5.74) is 0. The van der Waals surface area contributed by atoms with Crippen molar-refractivity contribution >= 4 is 0 Å². The van der Waals surface area contributed by atoms with Gasteiger partial charge in [0.1, 0.15) is 0 Å². The van der Waals surface area contributed by atoms with Gasteiger partial charge < -0.3 is 5.11 Å². The Morgan fingerprint density at radius 3 is 2.44 bits per heavy atom. The summed E-state index contributed by atoms with van der Waals surface area (Å²) in [6.45, 7) is -0.0877. The Bertz CT molecular complexity index is 103. The largest absolute Gasteiger partial charge is 0.396 e. The maximum Gasteiger partial charge on any atom is 0.248 e. The van der Waals surface area contributed by atoms with Gasteiger partial charge in [0.2, 0.25) is 5.92 Å². The van der Waals surface area contributed by atoms with Gasteiger partial charge in [0, 0.05) is 19.4 Å². The molecule has 1 atom stereocenters. The molecular weight excluding hydrogens is 126 g/mol. The molecule has 0 spiro atoms. The van der Waals surface area contributed by atoms with E-state index in [0.717, 1.165) is 0 Å². The summed E-state index contributed by atoms with van der Waals surface area (Å²) in [7, 11) is 0. The van der Waals surface area contributed by atoms with Crippen LogP contribution in [0.3, 0.4) is 0 Å². The molecule has 1 saturated carbocycles. The summed E-state index contributed by atoms with van der Waals surface area (Å²) < 4.78 is 24.5. The molecule has 3 heteroatoms. The number of aliphatic hydroxyl groups is 1. The highest BCUT2D eigenvalue weighted by Gasteiger charge is 2.38. The molecule has 0 radical (unpaired) electrons. The van der Waals surface area contributed by atoms with Crippen molar-refractivity contribution in [3.05, 3.63) is 0 Å². The quantitative estimate of drug-likeness (QED) is 0.578.